The van der Waals surface area contributed by atoms with Crippen molar-refractivity contribution < 1.29 is 5.11 Å². The molecule has 0 bridgehead atoms. The molecule has 2 atom stereocenters. The van der Waals surface area contributed by atoms with E-state index in [0.29, 0.717) is 0 Å². The monoisotopic (exact) mass is 186 g/mol. The number of nitrogens with zero attached hydrogens (tertiary/aromatic N) is 2. The largest absolute Gasteiger partial charge is 0.393 e. The van der Waals surface area contributed by atoms with E-state index in [1.807, 2.05) is 6.92 Å². The van der Waals surface area contributed by atoms with Crippen LogP contribution in [0.4, 0.5) is 0 Å². The van der Waals surface area contributed by atoms with Crippen LogP contribution in [0.1, 0.15) is 36.7 Å². The molecule has 1 aromatic rings. The Morgan fingerprint density at radius 1 is 1.42 bits per heavy atom. The summed E-state index contributed by atoms with van der Waals surface area (Å²) in [6, 6.07) is 0. The number of hydrogen-bond donors (Lipinski definition) is 1. The van der Waals surface area contributed by atoms with Gasteiger partial charge in [0, 0.05) is 5.92 Å². The lowest BCUT2D eigenvalue weighted by atomic mass is 10.1. The molecule has 0 fully saturated rings. The first-order valence-electron chi connectivity index (χ1n) is 4.15. The highest BCUT2D eigenvalue weighted by Gasteiger charge is 2.15. The fourth-order valence-electron chi connectivity index (χ4n) is 0.800. The van der Waals surface area contributed by atoms with Crippen LogP contribution in [0.15, 0.2) is 0 Å². The third kappa shape index (κ3) is 2.01. The lowest BCUT2D eigenvalue weighted by Crippen LogP contribution is -2.10. The van der Waals surface area contributed by atoms with E-state index < -0.39 is 0 Å². The quantitative estimate of drug-likeness (QED) is 0.779. The highest BCUT2D eigenvalue weighted by atomic mass is 32.1. The third-order valence-electron chi connectivity index (χ3n) is 1.90. The maximum atomic E-state index is 9.30. The molecular weight excluding hydrogens is 172 g/mol. The second-order valence-electron chi connectivity index (χ2n) is 2.92. The van der Waals surface area contributed by atoms with Gasteiger partial charge in [-0.05, 0) is 13.3 Å². The Morgan fingerprint density at radius 2 is 2.08 bits per heavy atom. The Balaban J connectivity index is 2.74. The van der Waals surface area contributed by atoms with Crippen LogP contribution < -0.4 is 0 Å². The van der Waals surface area contributed by atoms with Crippen LogP contribution in [-0.2, 0) is 6.42 Å². The van der Waals surface area contributed by atoms with Gasteiger partial charge in [0.15, 0.2) is 0 Å². The van der Waals surface area contributed by atoms with E-state index in [0.717, 1.165) is 16.4 Å². The van der Waals surface area contributed by atoms with Gasteiger partial charge < -0.3 is 5.11 Å². The van der Waals surface area contributed by atoms with Crippen LogP contribution in [0.5, 0.6) is 0 Å². The average molecular weight is 186 g/mol. The molecule has 1 rings (SSSR count). The summed E-state index contributed by atoms with van der Waals surface area (Å²) in [4.78, 5) is 0. The number of aliphatic hydroxyl groups is 1. The molecule has 3 nitrogen and oxygen atoms in total. The normalized spacial score (nSPS) is 16.0. The predicted molar refractivity (Wildman–Crippen MR) is 49.4 cm³/mol. The maximum Gasteiger partial charge on any atom is 0.122 e. The zero-order chi connectivity index (χ0) is 9.14. The van der Waals surface area contributed by atoms with Crippen molar-refractivity contribution in [2.24, 2.45) is 0 Å². The van der Waals surface area contributed by atoms with Gasteiger partial charge in [-0.25, -0.2) is 0 Å². The first kappa shape index (κ1) is 9.61. The molecule has 12 heavy (non-hydrogen) atoms. The molecule has 0 spiro atoms. The van der Waals surface area contributed by atoms with Gasteiger partial charge in [-0.15, -0.1) is 21.5 Å². The summed E-state index contributed by atoms with van der Waals surface area (Å²) in [5.41, 5.74) is 0. The Morgan fingerprint density at radius 3 is 2.50 bits per heavy atom. The molecular formula is C8H14N2OS. The van der Waals surface area contributed by atoms with Crippen LogP contribution in [0, 0.1) is 0 Å². The molecule has 4 heteroatoms. The molecule has 0 aromatic carbocycles. The van der Waals surface area contributed by atoms with Crippen LogP contribution in [0.2, 0.25) is 0 Å². The average Bonchev–Trinajstić information content (AvgIpc) is 2.50. The molecule has 0 radical (unpaired) electrons. The maximum absolute atomic E-state index is 9.30. The topological polar surface area (TPSA) is 46.0 Å². The van der Waals surface area contributed by atoms with Gasteiger partial charge in [-0.1, -0.05) is 13.8 Å². The molecule has 1 N–H and O–H groups in total. The number of aryl methyl sites for hydroxylation is 1. The summed E-state index contributed by atoms with van der Waals surface area (Å²) >= 11 is 1.59. The highest BCUT2D eigenvalue weighted by Crippen LogP contribution is 2.22. The van der Waals surface area contributed by atoms with Crippen molar-refractivity contribution in [3.8, 4) is 0 Å². The molecule has 2 unspecified atom stereocenters. The minimum Gasteiger partial charge on any atom is -0.393 e. The summed E-state index contributed by atoms with van der Waals surface area (Å²) in [6.07, 6.45) is 0.576. The standard InChI is InChI=1S/C8H14N2OS/c1-4-7-9-10-8(12-7)5(2)6(3)11/h5-6,11H,4H2,1-3H3. The number of hydrogen-bond acceptors (Lipinski definition) is 4. The molecule has 0 aliphatic carbocycles. The van der Waals surface area contributed by atoms with E-state index in [1.54, 1.807) is 18.3 Å². The smallest absolute Gasteiger partial charge is 0.122 e. The van der Waals surface area contributed by atoms with E-state index in [1.165, 1.54) is 0 Å². The van der Waals surface area contributed by atoms with Gasteiger partial charge in [-0.2, -0.15) is 0 Å². The molecule has 68 valence electrons. The molecule has 0 saturated heterocycles. The van der Waals surface area contributed by atoms with E-state index in [4.69, 9.17) is 0 Å². The van der Waals surface area contributed by atoms with Gasteiger partial charge in [0.25, 0.3) is 0 Å². The van der Waals surface area contributed by atoms with Gasteiger partial charge >= 0.3 is 0 Å². The lowest BCUT2D eigenvalue weighted by molar-refractivity contribution is 0.168. The van der Waals surface area contributed by atoms with Gasteiger partial charge in [0.1, 0.15) is 10.0 Å². The minimum atomic E-state index is -0.345. The predicted octanol–water partition coefficient (Wildman–Crippen LogP) is 1.58. The third-order valence-corrected chi connectivity index (χ3v) is 3.17. The van der Waals surface area contributed by atoms with Gasteiger partial charge in [0.05, 0.1) is 6.10 Å². The fraction of sp³-hybridized carbons (Fsp3) is 0.750. The van der Waals surface area contributed by atoms with E-state index in [-0.39, 0.29) is 12.0 Å². The zero-order valence-electron chi connectivity index (χ0n) is 7.61. The van der Waals surface area contributed by atoms with E-state index in [9.17, 15) is 5.11 Å². The fourth-order valence-corrected chi connectivity index (χ4v) is 1.73. The summed E-state index contributed by atoms with van der Waals surface area (Å²) in [5, 5.41) is 19.3. The van der Waals surface area contributed by atoms with Gasteiger partial charge in [0.2, 0.25) is 0 Å². The molecule has 0 saturated carbocycles. The second kappa shape index (κ2) is 3.96. The molecule has 1 heterocycles. The van der Waals surface area contributed by atoms with Crippen molar-refractivity contribution in [2.45, 2.75) is 39.2 Å². The van der Waals surface area contributed by atoms with Crippen molar-refractivity contribution in [3.05, 3.63) is 10.0 Å². The van der Waals surface area contributed by atoms with Crippen LogP contribution in [0.3, 0.4) is 0 Å². The molecule has 0 aliphatic rings. The van der Waals surface area contributed by atoms with Crippen molar-refractivity contribution >= 4 is 11.3 Å². The lowest BCUT2D eigenvalue weighted by Gasteiger charge is -2.09. The Bertz CT molecular complexity index is 247. The first-order chi connectivity index (χ1) is 5.65. The Labute approximate surface area is 76.5 Å². The Kier molecular flexibility index (Phi) is 3.17. The second-order valence-corrected chi connectivity index (χ2v) is 4.01. The summed E-state index contributed by atoms with van der Waals surface area (Å²) in [7, 11) is 0. The number of aromatic nitrogens is 2. The zero-order valence-corrected chi connectivity index (χ0v) is 8.43. The molecule has 0 aliphatic heterocycles. The summed E-state index contributed by atoms with van der Waals surface area (Å²) in [6.45, 7) is 5.79. The molecule has 1 aromatic heterocycles. The minimum absolute atomic E-state index is 0.0998. The first-order valence-corrected chi connectivity index (χ1v) is 4.97. The van der Waals surface area contributed by atoms with Crippen molar-refractivity contribution in [2.75, 3.05) is 0 Å². The van der Waals surface area contributed by atoms with Crippen molar-refractivity contribution in [1.82, 2.24) is 10.2 Å². The van der Waals surface area contributed by atoms with Crippen molar-refractivity contribution in [3.63, 3.8) is 0 Å². The summed E-state index contributed by atoms with van der Waals surface area (Å²) in [5.74, 6) is 0.0998. The van der Waals surface area contributed by atoms with E-state index >= 15 is 0 Å². The van der Waals surface area contributed by atoms with Crippen LogP contribution in [0.25, 0.3) is 0 Å². The van der Waals surface area contributed by atoms with Crippen LogP contribution >= 0.6 is 11.3 Å². The Hall–Kier alpha value is -0.480. The highest BCUT2D eigenvalue weighted by molar-refractivity contribution is 7.11. The summed E-state index contributed by atoms with van der Waals surface area (Å²) < 4.78 is 0. The SMILES string of the molecule is CCc1nnc(C(C)C(C)O)s1. The number of aliphatic hydroxyl groups excluding tert-OH is 1. The molecule has 0 amide bonds. The van der Waals surface area contributed by atoms with Crippen LogP contribution in [-0.4, -0.2) is 21.4 Å². The van der Waals surface area contributed by atoms with Crippen molar-refractivity contribution in [1.29, 1.82) is 0 Å². The van der Waals surface area contributed by atoms with Gasteiger partial charge in [-0.3, -0.25) is 0 Å². The number of rotatable bonds is 3. The van der Waals surface area contributed by atoms with E-state index in [2.05, 4.69) is 17.1 Å².